The number of rotatable bonds is 6. The average Bonchev–Trinajstić information content (AvgIpc) is 3.10. The number of carbonyl (C=O) groups is 2. The van der Waals surface area contributed by atoms with Gasteiger partial charge in [-0.05, 0) is 38.8 Å². The molecule has 0 spiro atoms. The summed E-state index contributed by atoms with van der Waals surface area (Å²) in [4.78, 5) is 38.9. The van der Waals surface area contributed by atoms with E-state index in [0.29, 0.717) is 31.6 Å². The second-order valence-corrected chi connectivity index (χ2v) is 5.85. The molecule has 1 atom stereocenters. The number of hydrogen-bond acceptors (Lipinski definition) is 4. The van der Waals surface area contributed by atoms with Crippen molar-refractivity contribution in [1.29, 1.82) is 0 Å². The minimum Gasteiger partial charge on any atom is -0.341 e. The van der Waals surface area contributed by atoms with Crippen molar-refractivity contribution in [2.24, 2.45) is 0 Å². The third kappa shape index (κ3) is 4.23. The number of amides is 2. The summed E-state index contributed by atoms with van der Waals surface area (Å²) in [6.07, 6.45) is 4.19. The molecular formula is C18H23N3O4. The van der Waals surface area contributed by atoms with Gasteiger partial charge in [-0.1, -0.05) is 12.1 Å². The van der Waals surface area contributed by atoms with Crippen LogP contribution in [0.5, 0.6) is 0 Å². The van der Waals surface area contributed by atoms with Crippen LogP contribution in [0.3, 0.4) is 0 Å². The fraction of sp³-hybridized carbons (Fsp3) is 0.444. The third-order valence-electron chi connectivity index (χ3n) is 4.43. The largest absolute Gasteiger partial charge is 0.341 e. The van der Waals surface area contributed by atoms with Gasteiger partial charge in [0.25, 0.3) is 5.69 Å². The number of likely N-dealkylation sites (N-methyl/N-ethyl adjacent to an activating group) is 1. The minimum atomic E-state index is -0.479. The Morgan fingerprint density at radius 2 is 2.00 bits per heavy atom. The van der Waals surface area contributed by atoms with E-state index < -0.39 is 11.0 Å². The number of hydrogen-bond donors (Lipinski definition) is 0. The third-order valence-corrected chi connectivity index (χ3v) is 4.43. The smallest absolute Gasteiger partial charge is 0.276 e. The zero-order valence-corrected chi connectivity index (χ0v) is 14.6. The van der Waals surface area contributed by atoms with E-state index in [1.54, 1.807) is 28.0 Å². The van der Waals surface area contributed by atoms with Gasteiger partial charge in [0.1, 0.15) is 6.04 Å². The van der Waals surface area contributed by atoms with Crippen LogP contribution >= 0.6 is 0 Å². The predicted molar refractivity (Wildman–Crippen MR) is 94.8 cm³/mol. The van der Waals surface area contributed by atoms with Crippen molar-refractivity contribution >= 4 is 23.6 Å². The van der Waals surface area contributed by atoms with Crippen LogP contribution < -0.4 is 0 Å². The molecule has 1 aliphatic rings. The Morgan fingerprint density at radius 3 is 2.64 bits per heavy atom. The van der Waals surface area contributed by atoms with Gasteiger partial charge in [0.05, 0.1) is 10.5 Å². The Labute approximate surface area is 147 Å². The van der Waals surface area contributed by atoms with Gasteiger partial charge in [0.2, 0.25) is 11.8 Å². The molecule has 0 N–H and O–H groups in total. The molecule has 0 bridgehead atoms. The Hall–Kier alpha value is -2.70. The Morgan fingerprint density at radius 1 is 1.32 bits per heavy atom. The Balaban J connectivity index is 2.14. The van der Waals surface area contributed by atoms with E-state index in [2.05, 4.69) is 0 Å². The molecule has 25 heavy (non-hydrogen) atoms. The number of nitrogens with zero attached hydrogens (tertiary/aromatic N) is 3. The monoisotopic (exact) mass is 345 g/mol. The van der Waals surface area contributed by atoms with E-state index >= 15 is 0 Å². The second kappa shape index (κ2) is 8.41. The highest BCUT2D eigenvalue weighted by Gasteiger charge is 2.34. The number of carbonyl (C=O) groups excluding carboxylic acids is 2. The molecular weight excluding hydrogens is 322 g/mol. The average molecular weight is 345 g/mol. The predicted octanol–water partition coefficient (Wildman–Crippen LogP) is 2.47. The van der Waals surface area contributed by atoms with Gasteiger partial charge >= 0.3 is 0 Å². The highest BCUT2D eigenvalue weighted by atomic mass is 16.6. The van der Waals surface area contributed by atoms with Crippen LogP contribution in [0.15, 0.2) is 30.3 Å². The molecule has 7 nitrogen and oxygen atoms in total. The van der Waals surface area contributed by atoms with Gasteiger partial charge in [-0.15, -0.1) is 0 Å². The standard InChI is InChI=1S/C18H23N3O4/c1-3-19(4-2)18(23)16-10-7-13-20(16)17(22)12-11-14-8-5-6-9-15(14)21(24)25/h5-6,8-9,11-12,16H,3-4,7,10,13H2,1-2H3/b12-11-/t16-/m1/s1. The number of nitro benzene ring substituents is 1. The summed E-state index contributed by atoms with van der Waals surface area (Å²) >= 11 is 0. The maximum absolute atomic E-state index is 12.6. The van der Waals surface area contributed by atoms with Gasteiger partial charge in [-0.2, -0.15) is 0 Å². The molecule has 7 heteroatoms. The van der Waals surface area contributed by atoms with Crippen LogP contribution in [0.25, 0.3) is 6.08 Å². The lowest BCUT2D eigenvalue weighted by Gasteiger charge is -2.28. The lowest BCUT2D eigenvalue weighted by Crippen LogP contribution is -2.47. The van der Waals surface area contributed by atoms with Crippen molar-refractivity contribution in [2.45, 2.75) is 32.7 Å². The van der Waals surface area contributed by atoms with Gasteiger partial charge in [0.15, 0.2) is 0 Å². The van der Waals surface area contributed by atoms with Crippen molar-refractivity contribution in [3.05, 3.63) is 46.0 Å². The first-order valence-electron chi connectivity index (χ1n) is 8.50. The molecule has 0 aromatic heterocycles. The number of likely N-dealkylation sites (tertiary alicyclic amines) is 1. The van der Waals surface area contributed by atoms with Gasteiger partial charge in [-0.3, -0.25) is 19.7 Å². The molecule has 1 aliphatic heterocycles. The topological polar surface area (TPSA) is 83.8 Å². The quantitative estimate of drug-likeness (QED) is 0.450. The highest BCUT2D eigenvalue weighted by molar-refractivity contribution is 5.96. The van der Waals surface area contributed by atoms with Crippen molar-refractivity contribution < 1.29 is 14.5 Å². The zero-order chi connectivity index (χ0) is 18.4. The summed E-state index contributed by atoms with van der Waals surface area (Å²) < 4.78 is 0. The fourth-order valence-corrected chi connectivity index (χ4v) is 3.08. The summed E-state index contributed by atoms with van der Waals surface area (Å²) in [6, 6.07) is 5.80. The number of benzene rings is 1. The van der Waals surface area contributed by atoms with E-state index in [1.807, 2.05) is 13.8 Å². The first-order valence-corrected chi connectivity index (χ1v) is 8.50. The second-order valence-electron chi connectivity index (χ2n) is 5.85. The molecule has 1 aromatic carbocycles. The first kappa shape index (κ1) is 18.6. The highest BCUT2D eigenvalue weighted by Crippen LogP contribution is 2.22. The van der Waals surface area contributed by atoms with E-state index in [0.717, 1.165) is 6.42 Å². The molecule has 1 fully saturated rings. The Kier molecular flexibility index (Phi) is 6.27. The van der Waals surface area contributed by atoms with Gasteiger partial charge in [0, 0.05) is 31.8 Å². The van der Waals surface area contributed by atoms with Crippen molar-refractivity contribution in [3.8, 4) is 0 Å². The molecule has 1 aromatic rings. The van der Waals surface area contributed by atoms with Gasteiger partial charge in [-0.25, -0.2) is 0 Å². The van der Waals surface area contributed by atoms with E-state index in [1.165, 1.54) is 18.2 Å². The lowest BCUT2D eigenvalue weighted by molar-refractivity contribution is -0.385. The maximum atomic E-state index is 12.6. The molecule has 2 rings (SSSR count). The van der Waals surface area contributed by atoms with Crippen LogP contribution in [0.1, 0.15) is 32.3 Å². The first-order chi connectivity index (χ1) is 12.0. The summed E-state index contributed by atoms with van der Waals surface area (Å²) in [6.45, 7) is 5.57. The van der Waals surface area contributed by atoms with Crippen LogP contribution in [0, 0.1) is 10.1 Å². The molecule has 0 unspecified atom stereocenters. The molecule has 0 aliphatic carbocycles. The zero-order valence-electron chi connectivity index (χ0n) is 14.6. The van der Waals surface area contributed by atoms with Crippen LogP contribution in [-0.2, 0) is 9.59 Å². The lowest BCUT2D eigenvalue weighted by atomic mass is 10.1. The molecule has 1 heterocycles. The van der Waals surface area contributed by atoms with Crippen molar-refractivity contribution in [3.63, 3.8) is 0 Å². The normalized spacial score (nSPS) is 17.0. The SMILES string of the molecule is CCN(CC)C(=O)[C@H]1CCCN1C(=O)/C=C\c1ccccc1[N+](=O)[O-]. The van der Waals surface area contributed by atoms with Crippen LogP contribution in [0.2, 0.25) is 0 Å². The minimum absolute atomic E-state index is 0.0325. The van der Waals surface area contributed by atoms with Crippen LogP contribution in [0.4, 0.5) is 5.69 Å². The van der Waals surface area contributed by atoms with Crippen molar-refractivity contribution in [2.75, 3.05) is 19.6 Å². The molecule has 134 valence electrons. The summed E-state index contributed by atoms with van der Waals surface area (Å²) in [5, 5.41) is 11.0. The maximum Gasteiger partial charge on any atom is 0.276 e. The summed E-state index contributed by atoms with van der Waals surface area (Å²) in [5.74, 6) is -0.323. The van der Waals surface area contributed by atoms with E-state index in [4.69, 9.17) is 0 Å². The molecule has 2 amide bonds. The summed E-state index contributed by atoms with van der Waals surface area (Å²) in [7, 11) is 0. The number of para-hydroxylation sites is 1. The molecule has 0 radical (unpaired) electrons. The number of nitro groups is 1. The summed E-state index contributed by atoms with van der Waals surface area (Å²) in [5.41, 5.74) is 0.315. The van der Waals surface area contributed by atoms with E-state index in [9.17, 15) is 19.7 Å². The van der Waals surface area contributed by atoms with E-state index in [-0.39, 0.29) is 17.5 Å². The molecule has 0 saturated carbocycles. The van der Waals surface area contributed by atoms with Crippen LogP contribution in [-0.4, -0.2) is 52.2 Å². The molecule has 1 saturated heterocycles. The van der Waals surface area contributed by atoms with Crippen molar-refractivity contribution in [1.82, 2.24) is 9.80 Å². The van der Waals surface area contributed by atoms with Gasteiger partial charge < -0.3 is 9.80 Å². The fourth-order valence-electron chi connectivity index (χ4n) is 3.08. The Bertz CT molecular complexity index is 683.